The van der Waals surface area contributed by atoms with Crippen LogP contribution < -0.4 is 0 Å². The minimum Gasteiger partial charge on any atom is -0.379 e. The van der Waals surface area contributed by atoms with Crippen LogP contribution in [0.5, 0.6) is 0 Å². The second-order valence-corrected chi connectivity index (χ2v) is 12.2. The van der Waals surface area contributed by atoms with E-state index in [1.807, 2.05) is 36.5 Å². The number of benzene rings is 2. The van der Waals surface area contributed by atoms with E-state index in [1.54, 1.807) is 4.68 Å². The molecule has 1 saturated heterocycles. The first kappa shape index (κ1) is 26.8. The Morgan fingerprint density at radius 1 is 1.14 bits per heavy atom. The summed E-state index contributed by atoms with van der Waals surface area (Å²) >= 11 is 0. The molecule has 0 spiro atoms. The Bertz CT molecular complexity index is 1400. The van der Waals surface area contributed by atoms with Crippen molar-refractivity contribution < 1.29 is 23.2 Å². The van der Waals surface area contributed by atoms with E-state index >= 15 is 0 Å². The van der Waals surface area contributed by atoms with E-state index < -0.39 is 14.6 Å². The van der Waals surface area contributed by atoms with Gasteiger partial charge in [0, 0.05) is 55.1 Å². The van der Waals surface area contributed by atoms with E-state index in [-0.39, 0.29) is 19.4 Å². The van der Waals surface area contributed by atoms with Crippen molar-refractivity contribution in [1.82, 2.24) is 19.7 Å². The number of ether oxygens (including phenoxy) is 1. The number of hydroxylamine groups is 2. The molecule has 1 atom stereocenters. The van der Waals surface area contributed by atoms with Gasteiger partial charge < -0.3 is 4.74 Å². The average molecular weight is 525 g/mol. The zero-order chi connectivity index (χ0) is 26.5. The zero-order valence-electron chi connectivity index (χ0n) is 21.1. The van der Waals surface area contributed by atoms with Crippen molar-refractivity contribution in [1.29, 1.82) is 0 Å². The summed E-state index contributed by atoms with van der Waals surface area (Å²) < 4.78 is 30.4. The summed E-state index contributed by atoms with van der Waals surface area (Å²) in [6.45, 7) is 5.91. The SMILES string of the molecule is C[C@@](CCn1cc2cc(C#Cc3ccc(CN4CCOCC4)cc3)ccc2n1)(CN(O)C=O)S(C)(=O)=O. The summed E-state index contributed by atoms with van der Waals surface area (Å²) in [6, 6.07) is 14.1. The lowest BCUT2D eigenvalue weighted by molar-refractivity contribution is -0.151. The van der Waals surface area contributed by atoms with Crippen LogP contribution in [0.4, 0.5) is 0 Å². The molecule has 9 nitrogen and oxygen atoms in total. The smallest absolute Gasteiger partial charge is 0.233 e. The van der Waals surface area contributed by atoms with Crippen LogP contribution in [0.2, 0.25) is 0 Å². The summed E-state index contributed by atoms with van der Waals surface area (Å²) in [5, 5.41) is 15.4. The molecule has 37 heavy (non-hydrogen) atoms. The third-order valence-electron chi connectivity index (χ3n) is 6.75. The number of amides is 1. The number of aryl methyl sites for hydroxylation is 1. The molecule has 196 valence electrons. The highest BCUT2D eigenvalue weighted by molar-refractivity contribution is 7.92. The van der Waals surface area contributed by atoms with Gasteiger partial charge >= 0.3 is 0 Å². The van der Waals surface area contributed by atoms with Crippen molar-refractivity contribution in [2.24, 2.45) is 0 Å². The monoisotopic (exact) mass is 524 g/mol. The van der Waals surface area contributed by atoms with Crippen LogP contribution in [-0.4, -0.2) is 83.6 Å². The van der Waals surface area contributed by atoms with Gasteiger partial charge in [0.05, 0.1) is 30.0 Å². The van der Waals surface area contributed by atoms with Crippen molar-refractivity contribution >= 4 is 27.2 Å². The van der Waals surface area contributed by atoms with Gasteiger partial charge in [0.15, 0.2) is 9.84 Å². The number of rotatable bonds is 9. The molecule has 1 N–H and O–H groups in total. The average Bonchev–Trinajstić information content (AvgIpc) is 3.29. The van der Waals surface area contributed by atoms with Crippen LogP contribution >= 0.6 is 0 Å². The minimum absolute atomic E-state index is 0.179. The van der Waals surface area contributed by atoms with Gasteiger partial charge in [-0.05, 0) is 49.2 Å². The molecule has 1 amide bonds. The first-order valence-electron chi connectivity index (χ1n) is 12.1. The molecule has 0 unspecified atom stereocenters. The van der Waals surface area contributed by atoms with Gasteiger partial charge in [-0.3, -0.25) is 19.6 Å². The third-order valence-corrected chi connectivity index (χ3v) is 8.87. The summed E-state index contributed by atoms with van der Waals surface area (Å²) in [7, 11) is -3.55. The number of carbonyl (C=O) groups is 1. The van der Waals surface area contributed by atoms with Crippen molar-refractivity contribution in [2.45, 2.75) is 31.2 Å². The predicted molar refractivity (Wildman–Crippen MR) is 141 cm³/mol. The molecule has 1 fully saturated rings. The Morgan fingerprint density at radius 3 is 2.49 bits per heavy atom. The molecule has 2 heterocycles. The van der Waals surface area contributed by atoms with Gasteiger partial charge in [-0.2, -0.15) is 5.10 Å². The van der Waals surface area contributed by atoms with Crippen molar-refractivity contribution in [3.8, 4) is 11.8 Å². The first-order chi connectivity index (χ1) is 17.6. The van der Waals surface area contributed by atoms with E-state index in [9.17, 15) is 18.4 Å². The predicted octanol–water partition coefficient (Wildman–Crippen LogP) is 2.31. The van der Waals surface area contributed by atoms with Crippen molar-refractivity contribution in [3.63, 3.8) is 0 Å². The molecular formula is C27H32N4O5S. The fourth-order valence-corrected chi connectivity index (χ4v) is 5.07. The Hall–Kier alpha value is -3.23. The lowest BCUT2D eigenvalue weighted by Gasteiger charge is -2.29. The maximum atomic E-state index is 12.3. The van der Waals surface area contributed by atoms with Crippen molar-refractivity contribution in [2.75, 3.05) is 39.1 Å². The molecule has 4 rings (SSSR count). The molecule has 2 aromatic carbocycles. The molecule has 0 saturated carbocycles. The number of nitrogens with zero attached hydrogens (tertiary/aromatic N) is 4. The van der Waals surface area contributed by atoms with Crippen LogP contribution in [-0.2, 0) is 32.5 Å². The number of aromatic nitrogens is 2. The van der Waals surface area contributed by atoms with Crippen LogP contribution in [0.15, 0.2) is 48.7 Å². The quantitative estimate of drug-likeness (QED) is 0.198. The van der Waals surface area contributed by atoms with E-state index in [1.165, 1.54) is 12.5 Å². The maximum Gasteiger partial charge on any atom is 0.233 e. The van der Waals surface area contributed by atoms with E-state index in [0.29, 0.717) is 11.6 Å². The van der Waals surface area contributed by atoms with Gasteiger partial charge in [0.2, 0.25) is 6.41 Å². The molecule has 10 heteroatoms. The number of hydrogen-bond donors (Lipinski definition) is 1. The highest BCUT2D eigenvalue weighted by Crippen LogP contribution is 2.23. The Labute approximate surface area is 217 Å². The first-order valence-corrected chi connectivity index (χ1v) is 14.0. The van der Waals surface area contributed by atoms with Gasteiger partial charge in [-0.15, -0.1) is 0 Å². The van der Waals surface area contributed by atoms with Gasteiger partial charge in [0.25, 0.3) is 0 Å². The number of hydrogen-bond acceptors (Lipinski definition) is 7. The van der Waals surface area contributed by atoms with Crippen LogP contribution in [0.3, 0.4) is 0 Å². The number of fused-ring (bicyclic) bond motifs is 1. The standard InChI is InChI=1S/C27H32N4O5S/c1-27(37(2,34)35,20-31(33)21-32)11-12-30-19-25-17-23(9-10-26(25)28-30)6-3-22-4-7-24(8-5-22)18-29-13-15-36-16-14-29/h4-5,7-10,17,19,21,33H,11-16,18,20H2,1-2H3/t27-/m1/s1. The normalized spacial score (nSPS) is 16.1. The zero-order valence-corrected chi connectivity index (χ0v) is 21.9. The molecule has 1 aliphatic heterocycles. The van der Waals surface area contributed by atoms with Crippen LogP contribution in [0.1, 0.15) is 30.0 Å². The van der Waals surface area contributed by atoms with E-state index in [2.05, 4.69) is 34.0 Å². The Morgan fingerprint density at radius 2 is 1.81 bits per heavy atom. The fraction of sp³-hybridized carbons (Fsp3) is 0.407. The molecule has 0 aliphatic carbocycles. The minimum atomic E-state index is -3.55. The number of sulfone groups is 1. The van der Waals surface area contributed by atoms with E-state index in [4.69, 9.17) is 4.74 Å². The highest BCUT2D eigenvalue weighted by Gasteiger charge is 2.37. The van der Waals surface area contributed by atoms with E-state index in [0.717, 1.165) is 61.1 Å². The van der Waals surface area contributed by atoms with Crippen LogP contribution in [0.25, 0.3) is 10.9 Å². The topological polar surface area (TPSA) is 105 Å². The Balaban J connectivity index is 1.42. The van der Waals surface area contributed by atoms with Gasteiger partial charge in [-0.25, -0.2) is 13.5 Å². The number of carbonyl (C=O) groups excluding carboxylic acids is 1. The lowest BCUT2D eigenvalue weighted by atomic mass is 10.1. The summed E-state index contributed by atoms with van der Waals surface area (Å²) in [5.41, 5.74) is 3.82. The molecule has 1 aromatic heterocycles. The lowest BCUT2D eigenvalue weighted by Crippen LogP contribution is -2.45. The van der Waals surface area contributed by atoms with Crippen LogP contribution in [0, 0.1) is 11.8 Å². The van der Waals surface area contributed by atoms with Crippen molar-refractivity contribution in [3.05, 3.63) is 65.4 Å². The summed E-state index contributed by atoms with van der Waals surface area (Å²) in [5.74, 6) is 6.42. The second kappa shape index (κ2) is 11.4. The molecule has 0 radical (unpaired) electrons. The third kappa shape index (κ3) is 6.96. The fourth-order valence-electron chi connectivity index (χ4n) is 4.24. The Kier molecular flexibility index (Phi) is 8.29. The second-order valence-electron chi connectivity index (χ2n) is 9.68. The molecular weight excluding hydrogens is 492 g/mol. The summed E-state index contributed by atoms with van der Waals surface area (Å²) in [4.78, 5) is 13.2. The number of morpholine rings is 1. The van der Waals surface area contributed by atoms with Gasteiger partial charge in [0.1, 0.15) is 0 Å². The highest BCUT2D eigenvalue weighted by atomic mass is 32.2. The molecule has 0 bridgehead atoms. The molecule has 1 aliphatic rings. The largest absolute Gasteiger partial charge is 0.379 e. The summed E-state index contributed by atoms with van der Waals surface area (Å²) in [6.07, 6.45) is 3.33. The van der Waals surface area contributed by atoms with Gasteiger partial charge in [-0.1, -0.05) is 24.0 Å². The maximum absolute atomic E-state index is 12.3. The molecule has 3 aromatic rings.